The van der Waals surface area contributed by atoms with E-state index in [4.69, 9.17) is 4.52 Å². The van der Waals surface area contributed by atoms with Crippen LogP contribution in [0.3, 0.4) is 0 Å². The lowest BCUT2D eigenvalue weighted by atomic mass is 10.0. The highest BCUT2D eigenvalue weighted by atomic mass is 32.2. The van der Waals surface area contributed by atoms with E-state index in [0.717, 1.165) is 37.7 Å². The lowest BCUT2D eigenvalue weighted by molar-refractivity contribution is 0.213. The Morgan fingerprint density at radius 1 is 1.17 bits per heavy atom. The molecule has 24 heavy (non-hydrogen) atoms. The fraction of sp³-hybridized carbons (Fsp3) is 0.562. The molecule has 2 fully saturated rings. The van der Waals surface area contributed by atoms with E-state index in [1.54, 1.807) is 16.7 Å². The summed E-state index contributed by atoms with van der Waals surface area (Å²) in [6.45, 7) is 0.876. The summed E-state index contributed by atoms with van der Waals surface area (Å²) >= 11 is 0. The van der Waals surface area contributed by atoms with Gasteiger partial charge in [0.25, 0.3) is 0 Å². The number of pyridine rings is 1. The monoisotopic (exact) mass is 348 g/mol. The summed E-state index contributed by atoms with van der Waals surface area (Å²) in [5.41, 5.74) is 0.790. The van der Waals surface area contributed by atoms with Crippen molar-refractivity contribution in [3.05, 3.63) is 30.4 Å². The molecule has 1 saturated carbocycles. The van der Waals surface area contributed by atoms with Crippen LogP contribution in [0.5, 0.6) is 0 Å². The fourth-order valence-electron chi connectivity index (χ4n) is 3.39. The van der Waals surface area contributed by atoms with E-state index < -0.39 is 10.0 Å². The molecular formula is C16H20N4O3S. The zero-order valence-corrected chi connectivity index (χ0v) is 14.2. The molecule has 0 atom stereocenters. The second-order valence-electron chi connectivity index (χ2n) is 6.52. The number of hydrogen-bond donors (Lipinski definition) is 0. The third-order valence-corrected chi connectivity index (χ3v) is 7.22. The second-order valence-corrected chi connectivity index (χ2v) is 8.73. The van der Waals surface area contributed by atoms with Gasteiger partial charge < -0.3 is 4.52 Å². The summed E-state index contributed by atoms with van der Waals surface area (Å²) in [7, 11) is -3.18. The Morgan fingerprint density at radius 2 is 1.96 bits per heavy atom. The highest BCUT2D eigenvalue weighted by Crippen LogP contribution is 2.34. The van der Waals surface area contributed by atoms with Crippen molar-refractivity contribution in [2.24, 2.45) is 0 Å². The third kappa shape index (κ3) is 2.84. The molecule has 0 aromatic carbocycles. The zero-order chi connectivity index (χ0) is 16.6. The van der Waals surface area contributed by atoms with Gasteiger partial charge in [-0.15, -0.1) is 0 Å². The van der Waals surface area contributed by atoms with Gasteiger partial charge in [0.2, 0.25) is 21.7 Å². The van der Waals surface area contributed by atoms with Crippen LogP contribution >= 0.6 is 0 Å². The lowest BCUT2D eigenvalue weighted by Gasteiger charge is -2.39. The average molecular weight is 348 g/mol. The molecule has 3 heterocycles. The van der Waals surface area contributed by atoms with Crippen LogP contribution in [0.25, 0.3) is 11.4 Å². The van der Waals surface area contributed by atoms with Crippen LogP contribution in [0.4, 0.5) is 0 Å². The number of aromatic nitrogens is 3. The summed E-state index contributed by atoms with van der Waals surface area (Å²) < 4.78 is 32.1. The first-order valence-corrected chi connectivity index (χ1v) is 9.88. The van der Waals surface area contributed by atoms with Gasteiger partial charge >= 0.3 is 0 Å². The van der Waals surface area contributed by atoms with Gasteiger partial charge in [-0.2, -0.15) is 9.29 Å². The average Bonchev–Trinajstić information content (AvgIpc) is 3.04. The Morgan fingerprint density at radius 3 is 2.67 bits per heavy atom. The Bertz CT molecular complexity index is 794. The SMILES string of the molecule is O=S(=O)(C1CCCCC1)N1CC(c2nc(-c3cccnc3)no2)C1. The number of rotatable bonds is 4. The van der Waals surface area contributed by atoms with Crippen molar-refractivity contribution in [2.75, 3.05) is 13.1 Å². The van der Waals surface area contributed by atoms with Crippen LogP contribution in [-0.2, 0) is 10.0 Å². The van der Waals surface area contributed by atoms with Crippen molar-refractivity contribution in [3.63, 3.8) is 0 Å². The van der Waals surface area contributed by atoms with Crippen molar-refractivity contribution >= 4 is 10.0 Å². The molecule has 0 radical (unpaired) electrons. The summed E-state index contributed by atoms with van der Waals surface area (Å²) in [4.78, 5) is 8.43. The predicted molar refractivity (Wildman–Crippen MR) is 87.6 cm³/mol. The van der Waals surface area contributed by atoms with Crippen LogP contribution in [0, 0.1) is 0 Å². The summed E-state index contributed by atoms with van der Waals surface area (Å²) in [6.07, 6.45) is 8.11. The van der Waals surface area contributed by atoms with Crippen LogP contribution in [0.1, 0.15) is 43.9 Å². The minimum absolute atomic E-state index is 0.0127. The molecule has 1 aliphatic carbocycles. The molecule has 0 unspecified atom stereocenters. The van der Waals surface area contributed by atoms with Gasteiger partial charge in [0, 0.05) is 31.0 Å². The van der Waals surface area contributed by atoms with Gasteiger partial charge in [0.05, 0.1) is 11.2 Å². The molecule has 0 amide bonds. The Kier molecular flexibility index (Phi) is 4.09. The molecular weight excluding hydrogens is 328 g/mol. The second kappa shape index (κ2) is 6.25. The number of sulfonamides is 1. The van der Waals surface area contributed by atoms with E-state index in [1.807, 2.05) is 12.1 Å². The Labute approximate surface area is 141 Å². The standard InChI is InChI=1S/C16H20N4O3S/c21-24(22,14-6-2-1-3-7-14)20-10-13(11-20)16-18-15(19-23-16)12-5-4-8-17-9-12/h4-5,8-9,13-14H,1-3,6-7,10-11H2. The largest absolute Gasteiger partial charge is 0.339 e. The zero-order valence-electron chi connectivity index (χ0n) is 13.3. The molecule has 1 saturated heterocycles. The van der Waals surface area contributed by atoms with E-state index in [0.29, 0.717) is 24.8 Å². The molecule has 7 nitrogen and oxygen atoms in total. The normalized spacial score (nSPS) is 20.8. The van der Waals surface area contributed by atoms with Gasteiger partial charge in [-0.1, -0.05) is 24.4 Å². The summed E-state index contributed by atoms with van der Waals surface area (Å²) in [6, 6.07) is 3.68. The van der Waals surface area contributed by atoms with E-state index >= 15 is 0 Å². The molecule has 0 N–H and O–H groups in total. The van der Waals surface area contributed by atoms with Gasteiger partial charge in [-0.25, -0.2) is 8.42 Å². The molecule has 128 valence electrons. The maximum absolute atomic E-state index is 12.6. The van der Waals surface area contributed by atoms with Gasteiger partial charge in [-0.3, -0.25) is 4.98 Å². The smallest absolute Gasteiger partial charge is 0.232 e. The van der Waals surface area contributed by atoms with Crippen molar-refractivity contribution < 1.29 is 12.9 Å². The van der Waals surface area contributed by atoms with E-state index in [9.17, 15) is 8.42 Å². The van der Waals surface area contributed by atoms with E-state index in [2.05, 4.69) is 15.1 Å². The first-order chi connectivity index (χ1) is 11.6. The van der Waals surface area contributed by atoms with Crippen molar-refractivity contribution in [1.82, 2.24) is 19.4 Å². The maximum atomic E-state index is 12.6. The highest BCUT2D eigenvalue weighted by Gasteiger charge is 2.43. The van der Waals surface area contributed by atoms with Crippen molar-refractivity contribution in [2.45, 2.75) is 43.3 Å². The van der Waals surface area contributed by atoms with Gasteiger partial charge in [-0.05, 0) is 25.0 Å². The maximum Gasteiger partial charge on any atom is 0.232 e. The molecule has 1 aliphatic heterocycles. The van der Waals surface area contributed by atoms with Crippen LogP contribution in [-0.4, -0.2) is 46.2 Å². The summed E-state index contributed by atoms with van der Waals surface area (Å²) in [5.74, 6) is 0.983. The van der Waals surface area contributed by atoms with Gasteiger partial charge in [0.15, 0.2) is 0 Å². The lowest BCUT2D eigenvalue weighted by Crippen LogP contribution is -2.52. The molecule has 0 bridgehead atoms. The predicted octanol–water partition coefficient (Wildman–Crippen LogP) is 2.19. The van der Waals surface area contributed by atoms with Crippen molar-refractivity contribution in [3.8, 4) is 11.4 Å². The molecule has 8 heteroatoms. The van der Waals surface area contributed by atoms with Crippen molar-refractivity contribution in [1.29, 1.82) is 0 Å². The van der Waals surface area contributed by atoms with E-state index in [1.165, 1.54) is 0 Å². The first-order valence-electron chi connectivity index (χ1n) is 8.37. The number of nitrogens with zero attached hydrogens (tertiary/aromatic N) is 4. The van der Waals surface area contributed by atoms with E-state index in [-0.39, 0.29) is 11.2 Å². The molecule has 2 aliphatic rings. The third-order valence-electron chi connectivity index (χ3n) is 4.89. The van der Waals surface area contributed by atoms with Crippen LogP contribution in [0.15, 0.2) is 29.0 Å². The highest BCUT2D eigenvalue weighted by molar-refractivity contribution is 7.89. The fourth-order valence-corrected chi connectivity index (χ4v) is 5.52. The number of hydrogen-bond acceptors (Lipinski definition) is 6. The van der Waals surface area contributed by atoms with Crippen LogP contribution in [0.2, 0.25) is 0 Å². The minimum Gasteiger partial charge on any atom is -0.339 e. The molecule has 2 aromatic heterocycles. The Balaban J connectivity index is 1.42. The summed E-state index contributed by atoms with van der Waals surface area (Å²) in [5, 5.41) is 3.76. The molecule has 4 rings (SSSR count). The van der Waals surface area contributed by atoms with Gasteiger partial charge in [0.1, 0.15) is 0 Å². The minimum atomic E-state index is -3.18. The Hall–Kier alpha value is -1.80. The van der Waals surface area contributed by atoms with Crippen LogP contribution < -0.4 is 0 Å². The quantitative estimate of drug-likeness (QED) is 0.841. The topological polar surface area (TPSA) is 89.2 Å². The molecule has 0 spiro atoms. The first kappa shape index (κ1) is 15.7. The molecule has 2 aromatic rings.